The van der Waals surface area contributed by atoms with Crippen molar-refractivity contribution in [2.75, 3.05) is 0 Å². The third kappa shape index (κ3) is 2.60. The second-order valence-electron chi connectivity index (χ2n) is 3.40. The van der Waals surface area contributed by atoms with E-state index in [1.54, 1.807) is 0 Å². The summed E-state index contributed by atoms with van der Waals surface area (Å²) in [6.07, 6.45) is 2.26. The predicted molar refractivity (Wildman–Crippen MR) is 42.0 cm³/mol. The molecular weight excluding hydrogens is 142 g/mol. The van der Waals surface area contributed by atoms with Crippen LogP contribution in [-0.2, 0) is 4.79 Å². The Bertz CT molecular complexity index is 154. The van der Waals surface area contributed by atoms with Crippen molar-refractivity contribution in [3.63, 3.8) is 0 Å². The van der Waals surface area contributed by atoms with E-state index in [4.69, 9.17) is 5.73 Å². The molecule has 0 amide bonds. The standard InChI is InChI=1S/C8H15NO2/c1-5(10)8(11)7(9)4-6-2-3-6/h6-8,11H,2-4,9H2,1H3. The van der Waals surface area contributed by atoms with Crippen molar-refractivity contribution in [1.82, 2.24) is 0 Å². The van der Waals surface area contributed by atoms with Crippen LogP contribution in [0.4, 0.5) is 0 Å². The van der Waals surface area contributed by atoms with E-state index in [1.165, 1.54) is 19.8 Å². The van der Waals surface area contributed by atoms with Crippen LogP contribution in [0.2, 0.25) is 0 Å². The molecule has 1 saturated carbocycles. The summed E-state index contributed by atoms with van der Waals surface area (Å²) in [5.74, 6) is 0.442. The first-order chi connectivity index (χ1) is 5.11. The van der Waals surface area contributed by atoms with Crippen LogP contribution in [0.1, 0.15) is 26.2 Å². The van der Waals surface area contributed by atoms with Crippen molar-refractivity contribution >= 4 is 5.78 Å². The van der Waals surface area contributed by atoms with Crippen LogP contribution in [0, 0.1) is 5.92 Å². The van der Waals surface area contributed by atoms with Gasteiger partial charge in [0, 0.05) is 6.04 Å². The number of ketones is 1. The summed E-state index contributed by atoms with van der Waals surface area (Å²) in [7, 11) is 0. The molecule has 64 valence electrons. The summed E-state index contributed by atoms with van der Waals surface area (Å²) < 4.78 is 0. The number of aliphatic hydroxyl groups excluding tert-OH is 1. The fourth-order valence-electron chi connectivity index (χ4n) is 1.17. The second kappa shape index (κ2) is 3.32. The minimum Gasteiger partial charge on any atom is -0.384 e. The third-order valence-corrected chi connectivity index (χ3v) is 2.12. The van der Waals surface area contributed by atoms with Gasteiger partial charge in [-0.15, -0.1) is 0 Å². The normalized spacial score (nSPS) is 22.8. The van der Waals surface area contributed by atoms with Gasteiger partial charge in [-0.1, -0.05) is 12.8 Å². The number of aliphatic hydroxyl groups is 1. The number of hydrogen-bond acceptors (Lipinski definition) is 3. The Hall–Kier alpha value is -0.410. The van der Waals surface area contributed by atoms with Crippen LogP contribution in [0.3, 0.4) is 0 Å². The van der Waals surface area contributed by atoms with Gasteiger partial charge in [0.25, 0.3) is 0 Å². The lowest BCUT2D eigenvalue weighted by Crippen LogP contribution is -2.39. The fraction of sp³-hybridized carbons (Fsp3) is 0.875. The molecule has 11 heavy (non-hydrogen) atoms. The Morgan fingerprint density at radius 2 is 2.27 bits per heavy atom. The monoisotopic (exact) mass is 157 g/mol. The SMILES string of the molecule is CC(=O)C(O)C(N)CC1CC1. The maximum atomic E-state index is 10.7. The van der Waals surface area contributed by atoms with E-state index < -0.39 is 6.10 Å². The Morgan fingerprint density at radius 3 is 2.64 bits per heavy atom. The lowest BCUT2D eigenvalue weighted by atomic mass is 10.0. The number of carbonyl (C=O) groups excluding carboxylic acids is 1. The first-order valence-corrected chi connectivity index (χ1v) is 4.05. The van der Waals surface area contributed by atoms with Gasteiger partial charge in [-0.05, 0) is 19.3 Å². The third-order valence-electron chi connectivity index (χ3n) is 2.12. The van der Waals surface area contributed by atoms with E-state index in [9.17, 15) is 9.90 Å². The van der Waals surface area contributed by atoms with E-state index in [0.29, 0.717) is 5.92 Å². The van der Waals surface area contributed by atoms with Gasteiger partial charge in [-0.3, -0.25) is 4.79 Å². The van der Waals surface area contributed by atoms with Gasteiger partial charge in [-0.25, -0.2) is 0 Å². The first-order valence-electron chi connectivity index (χ1n) is 4.05. The van der Waals surface area contributed by atoms with Gasteiger partial charge in [0.15, 0.2) is 5.78 Å². The minimum absolute atomic E-state index is 0.224. The van der Waals surface area contributed by atoms with E-state index >= 15 is 0 Å². The molecule has 1 aliphatic carbocycles. The summed E-state index contributed by atoms with van der Waals surface area (Å²) in [6.45, 7) is 1.37. The fourth-order valence-corrected chi connectivity index (χ4v) is 1.17. The van der Waals surface area contributed by atoms with Gasteiger partial charge in [0.1, 0.15) is 6.10 Å². The molecular formula is C8H15NO2. The highest BCUT2D eigenvalue weighted by Gasteiger charge is 2.28. The van der Waals surface area contributed by atoms with Gasteiger partial charge >= 0.3 is 0 Å². The number of hydrogen-bond donors (Lipinski definition) is 2. The lowest BCUT2D eigenvalue weighted by Gasteiger charge is -2.15. The molecule has 0 aromatic carbocycles. The largest absolute Gasteiger partial charge is 0.384 e. The van der Waals surface area contributed by atoms with Crippen molar-refractivity contribution in [2.24, 2.45) is 11.7 Å². The van der Waals surface area contributed by atoms with Gasteiger partial charge in [0.2, 0.25) is 0 Å². The molecule has 3 nitrogen and oxygen atoms in total. The average molecular weight is 157 g/mol. The maximum Gasteiger partial charge on any atom is 0.159 e. The lowest BCUT2D eigenvalue weighted by molar-refractivity contribution is -0.125. The summed E-state index contributed by atoms with van der Waals surface area (Å²) in [6, 6.07) is -0.347. The Morgan fingerprint density at radius 1 is 1.73 bits per heavy atom. The Labute approximate surface area is 66.6 Å². The smallest absolute Gasteiger partial charge is 0.159 e. The molecule has 0 radical (unpaired) electrons. The van der Waals surface area contributed by atoms with Crippen LogP contribution in [0.5, 0.6) is 0 Å². The summed E-state index contributed by atoms with van der Waals surface area (Å²) in [5.41, 5.74) is 5.59. The number of rotatable bonds is 4. The topological polar surface area (TPSA) is 63.3 Å². The first kappa shape index (κ1) is 8.68. The molecule has 0 aromatic rings. The van der Waals surface area contributed by atoms with Crippen molar-refractivity contribution in [1.29, 1.82) is 0 Å². The number of Topliss-reactive ketones (excluding diaryl/α,β-unsaturated/α-hetero) is 1. The molecule has 1 fully saturated rings. The molecule has 3 heteroatoms. The van der Waals surface area contributed by atoms with Crippen LogP contribution in [-0.4, -0.2) is 23.0 Å². The highest BCUT2D eigenvalue weighted by atomic mass is 16.3. The zero-order valence-corrected chi connectivity index (χ0v) is 6.79. The highest BCUT2D eigenvalue weighted by Crippen LogP contribution is 2.33. The van der Waals surface area contributed by atoms with E-state index in [-0.39, 0.29) is 11.8 Å². The molecule has 1 rings (SSSR count). The molecule has 0 heterocycles. The van der Waals surface area contributed by atoms with Crippen LogP contribution < -0.4 is 5.73 Å². The van der Waals surface area contributed by atoms with Gasteiger partial charge in [-0.2, -0.15) is 0 Å². The molecule has 0 spiro atoms. The molecule has 1 aliphatic rings. The molecule has 0 aromatic heterocycles. The molecule has 0 bridgehead atoms. The van der Waals surface area contributed by atoms with Crippen molar-refractivity contribution < 1.29 is 9.90 Å². The van der Waals surface area contributed by atoms with Crippen molar-refractivity contribution in [3.8, 4) is 0 Å². The Kier molecular flexibility index (Phi) is 2.62. The summed E-state index contributed by atoms with van der Waals surface area (Å²) in [4.78, 5) is 10.7. The highest BCUT2D eigenvalue weighted by molar-refractivity contribution is 5.80. The molecule has 2 atom stereocenters. The van der Waals surface area contributed by atoms with Crippen LogP contribution in [0.25, 0.3) is 0 Å². The van der Waals surface area contributed by atoms with Gasteiger partial charge in [0.05, 0.1) is 0 Å². The van der Waals surface area contributed by atoms with Crippen molar-refractivity contribution in [3.05, 3.63) is 0 Å². The summed E-state index contributed by atoms with van der Waals surface area (Å²) in [5, 5.41) is 9.20. The molecule has 0 saturated heterocycles. The van der Waals surface area contributed by atoms with E-state index in [0.717, 1.165) is 6.42 Å². The number of nitrogens with two attached hydrogens (primary N) is 1. The maximum absolute atomic E-state index is 10.7. The zero-order valence-electron chi connectivity index (χ0n) is 6.79. The molecule has 0 aliphatic heterocycles. The minimum atomic E-state index is -0.949. The number of carbonyl (C=O) groups is 1. The predicted octanol–water partition coefficient (Wildman–Crippen LogP) is 0.0637. The summed E-state index contributed by atoms with van der Waals surface area (Å²) >= 11 is 0. The van der Waals surface area contributed by atoms with E-state index in [1.807, 2.05) is 0 Å². The van der Waals surface area contributed by atoms with Gasteiger partial charge < -0.3 is 10.8 Å². The van der Waals surface area contributed by atoms with Crippen molar-refractivity contribution in [2.45, 2.75) is 38.3 Å². The Balaban J connectivity index is 2.26. The van der Waals surface area contributed by atoms with Crippen LogP contribution in [0.15, 0.2) is 0 Å². The zero-order chi connectivity index (χ0) is 8.43. The second-order valence-corrected chi connectivity index (χ2v) is 3.40. The molecule has 2 unspecified atom stereocenters. The average Bonchev–Trinajstić information content (AvgIpc) is 2.69. The van der Waals surface area contributed by atoms with E-state index in [2.05, 4.69) is 0 Å². The van der Waals surface area contributed by atoms with Crippen LogP contribution >= 0.6 is 0 Å². The quantitative estimate of drug-likeness (QED) is 0.606. The molecule has 3 N–H and O–H groups in total.